The van der Waals surface area contributed by atoms with Gasteiger partial charge in [0, 0.05) is 36.3 Å². The summed E-state index contributed by atoms with van der Waals surface area (Å²) in [6.45, 7) is 3.19. The standard InChI is InChI=1S/C33H27N3OS/c34-19-30-29-17-18-36(21-24-9-2-1-3-10-24)22-32(29)38-33(30)35-20-26-12-5-7-16-31(26)37-23-27-14-8-13-25-11-4-6-15-28(25)27/h1-16,20H,17-18,21-23H2. The normalized spacial score (nSPS) is 13.4. The molecule has 0 aliphatic carbocycles. The molecule has 186 valence electrons. The second kappa shape index (κ2) is 11.0. The molecule has 0 atom stereocenters. The zero-order valence-electron chi connectivity index (χ0n) is 21.0. The van der Waals surface area contributed by atoms with Crippen LogP contribution in [0.25, 0.3) is 10.8 Å². The van der Waals surface area contributed by atoms with Gasteiger partial charge in [-0.1, -0.05) is 84.9 Å². The molecule has 6 rings (SSSR count). The second-order valence-corrected chi connectivity index (χ2v) is 10.5. The topological polar surface area (TPSA) is 48.6 Å². The van der Waals surface area contributed by atoms with Gasteiger partial charge >= 0.3 is 0 Å². The molecule has 0 unspecified atom stereocenters. The van der Waals surface area contributed by atoms with E-state index >= 15 is 0 Å². The Morgan fingerprint density at radius 2 is 1.71 bits per heavy atom. The molecule has 4 nitrogen and oxygen atoms in total. The van der Waals surface area contributed by atoms with Crippen molar-refractivity contribution in [3.63, 3.8) is 0 Å². The molecular formula is C33H27N3OS. The summed E-state index contributed by atoms with van der Waals surface area (Å²) < 4.78 is 6.27. The first kappa shape index (κ1) is 24.1. The molecule has 5 heteroatoms. The van der Waals surface area contributed by atoms with E-state index in [-0.39, 0.29) is 0 Å². The van der Waals surface area contributed by atoms with Gasteiger partial charge in [0.1, 0.15) is 23.4 Å². The monoisotopic (exact) mass is 513 g/mol. The molecule has 0 saturated carbocycles. The summed E-state index contributed by atoms with van der Waals surface area (Å²) >= 11 is 1.63. The Morgan fingerprint density at radius 1 is 0.921 bits per heavy atom. The highest BCUT2D eigenvalue weighted by Crippen LogP contribution is 2.39. The number of thiophene rings is 1. The molecule has 1 aromatic heterocycles. The number of fused-ring (bicyclic) bond motifs is 2. The van der Waals surface area contributed by atoms with Gasteiger partial charge < -0.3 is 4.74 Å². The van der Waals surface area contributed by atoms with Crippen molar-refractivity contribution in [2.24, 2.45) is 4.99 Å². The van der Waals surface area contributed by atoms with Crippen molar-refractivity contribution in [2.75, 3.05) is 6.54 Å². The van der Waals surface area contributed by atoms with Gasteiger partial charge in [-0.2, -0.15) is 5.26 Å². The second-order valence-electron chi connectivity index (χ2n) is 9.46. The summed E-state index contributed by atoms with van der Waals surface area (Å²) in [5.74, 6) is 0.776. The highest BCUT2D eigenvalue weighted by molar-refractivity contribution is 7.16. The third-order valence-corrected chi connectivity index (χ3v) is 8.11. The predicted octanol–water partition coefficient (Wildman–Crippen LogP) is 7.66. The largest absolute Gasteiger partial charge is 0.488 e. The van der Waals surface area contributed by atoms with Crippen LogP contribution in [-0.2, 0) is 26.1 Å². The zero-order valence-corrected chi connectivity index (χ0v) is 21.8. The summed E-state index contributed by atoms with van der Waals surface area (Å²) in [7, 11) is 0. The lowest BCUT2D eigenvalue weighted by Crippen LogP contribution is -2.29. The Morgan fingerprint density at radius 3 is 2.61 bits per heavy atom. The molecule has 0 bridgehead atoms. The van der Waals surface area contributed by atoms with Crippen LogP contribution in [0.5, 0.6) is 5.75 Å². The van der Waals surface area contributed by atoms with Crippen molar-refractivity contribution in [3.05, 3.63) is 130 Å². The van der Waals surface area contributed by atoms with Gasteiger partial charge in [-0.05, 0) is 46.0 Å². The Hall–Kier alpha value is -4.24. The van der Waals surface area contributed by atoms with Crippen LogP contribution in [0, 0.1) is 11.3 Å². The number of rotatable bonds is 7. The van der Waals surface area contributed by atoms with Gasteiger partial charge in [0.2, 0.25) is 0 Å². The number of aliphatic imine (C=N–C) groups is 1. The Bertz CT molecular complexity index is 1640. The van der Waals surface area contributed by atoms with E-state index in [2.05, 4.69) is 77.7 Å². The summed E-state index contributed by atoms with van der Waals surface area (Å²) in [5, 5.41) is 13.1. The van der Waals surface area contributed by atoms with Gasteiger partial charge in [0.05, 0.1) is 5.56 Å². The molecule has 0 amide bonds. The number of nitriles is 1. The van der Waals surface area contributed by atoms with Crippen molar-refractivity contribution < 1.29 is 4.74 Å². The molecule has 1 aliphatic heterocycles. The molecule has 1 aliphatic rings. The molecule has 2 heterocycles. The molecule has 38 heavy (non-hydrogen) atoms. The quantitative estimate of drug-likeness (QED) is 0.210. The maximum Gasteiger partial charge on any atom is 0.134 e. The number of hydrogen-bond donors (Lipinski definition) is 0. The lowest BCUT2D eigenvalue weighted by atomic mass is 10.0. The van der Waals surface area contributed by atoms with Crippen molar-refractivity contribution in [2.45, 2.75) is 26.1 Å². The Kier molecular flexibility index (Phi) is 6.99. The van der Waals surface area contributed by atoms with Crippen LogP contribution in [-0.4, -0.2) is 17.7 Å². The lowest BCUT2D eigenvalue weighted by Gasteiger charge is -2.26. The number of benzene rings is 4. The van der Waals surface area contributed by atoms with Crippen molar-refractivity contribution in [1.82, 2.24) is 4.90 Å². The number of nitrogens with zero attached hydrogens (tertiary/aromatic N) is 3. The molecular weight excluding hydrogens is 486 g/mol. The van der Waals surface area contributed by atoms with Crippen molar-refractivity contribution in [3.8, 4) is 11.8 Å². The summed E-state index contributed by atoms with van der Waals surface area (Å²) in [4.78, 5) is 8.49. The van der Waals surface area contributed by atoms with Crippen LogP contribution < -0.4 is 4.74 Å². The van der Waals surface area contributed by atoms with Crippen LogP contribution in [0.1, 0.15) is 32.7 Å². The maximum atomic E-state index is 9.96. The zero-order chi connectivity index (χ0) is 25.7. The van der Waals surface area contributed by atoms with Gasteiger partial charge in [-0.15, -0.1) is 11.3 Å². The lowest BCUT2D eigenvalue weighted by molar-refractivity contribution is 0.249. The molecule has 0 spiro atoms. The van der Waals surface area contributed by atoms with E-state index < -0.39 is 0 Å². The highest BCUT2D eigenvalue weighted by Gasteiger charge is 2.24. The summed E-state index contributed by atoms with van der Waals surface area (Å²) in [6, 6.07) is 35.6. The van der Waals surface area contributed by atoms with Crippen LogP contribution in [0.4, 0.5) is 5.00 Å². The van der Waals surface area contributed by atoms with Crippen LogP contribution in [0.15, 0.2) is 102 Å². The van der Waals surface area contributed by atoms with E-state index in [1.54, 1.807) is 11.3 Å². The van der Waals surface area contributed by atoms with Crippen LogP contribution in [0.3, 0.4) is 0 Å². The van der Waals surface area contributed by atoms with Gasteiger partial charge in [-0.3, -0.25) is 4.90 Å². The average Bonchev–Trinajstić information content (AvgIpc) is 3.32. The molecule has 0 N–H and O–H groups in total. The first-order valence-corrected chi connectivity index (χ1v) is 13.6. The average molecular weight is 514 g/mol. The molecule has 5 aromatic rings. The van der Waals surface area contributed by atoms with E-state index in [0.717, 1.165) is 59.1 Å². The maximum absolute atomic E-state index is 9.96. The SMILES string of the molecule is N#Cc1c(N=Cc2ccccc2OCc2cccc3ccccc23)sc2c1CCN(Cc1ccccc1)C2. The smallest absolute Gasteiger partial charge is 0.134 e. The summed E-state index contributed by atoms with van der Waals surface area (Å²) in [5.41, 5.74) is 5.23. The highest BCUT2D eigenvalue weighted by atomic mass is 32.1. The van der Waals surface area contributed by atoms with E-state index in [0.29, 0.717) is 6.61 Å². The molecule has 0 fully saturated rings. The first-order valence-electron chi connectivity index (χ1n) is 12.8. The molecule has 4 aromatic carbocycles. The fourth-order valence-corrected chi connectivity index (χ4v) is 6.23. The number of ether oxygens (including phenoxy) is 1. The van der Waals surface area contributed by atoms with Gasteiger partial charge in [0.25, 0.3) is 0 Å². The van der Waals surface area contributed by atoms with Crippen molar-refractivity contribution >= 4 is 33.3 Å². The van der Waals surface area contributed by atoms with E-state index in [1.165, 1.54) is 21.2 Å². The minimum absolute atomic E-state index is 0.472. The summed E-state index contributed by atoms with van der Waals surface area (Å²) in [6.07, 6.45) is 2.71. The van der Waals surface area contributed by atoms with E-state index in [4.69, 9.17) is 9.73 Å². The van der Waals surface area contributed by atoms with E-state index in [1.807, 2.05) is 36.5 Å². The van der Waals surface area contributed by atoms with Crippen molar-refractivity contribution in [1.29, 1.82) is 5.26 Å². The Balaban J connectivity index is 1.20. The Labute approximate surface area is 227 Å². The fourth-order valence-electron chi connectivity index (χ4n) is 5.05. The predicted molar refractivity (Wildman–Crippen MR) is 155 cm³/mol. The fraction of sp³-hybridized carbons (Fsp3) is 0.152. The third-order valence-electron chi connectivity index (χ3n) is 6.98. The first-order chi connectivity index (χ1) is 18.8. The number of para-hydroxylation sites is 1. The third kappa shape index (κ3) is 5.10. The van der Waals surface area contributed by atoms with Crippen LogP contribution >= 0.6 is 11.3 Å². The minimum Gasteiger partial charge on any atom is -0.488 e. The van der Waals surface area contributed by atoms with Crippen LogP contribution in [0.2, 0.25) is 0 Å². The molecule has 0 radical (unpaired) electrons. The minimum atomic E-state index is 0.472. The van der Waals surface area contributed by atoms with E-state index in [9.17, 15) is 5.26 Å². The van der Waals surface area contributed by atoms with Gasteiger partial charge in [0.15, 0.2) is 0 Å². The van der Waals surface area contributed by atoms with Gasteiger partial charge in [-0.25, -0.2) is 4.99 Å². The number of hydrogen-bond acceptors (Lipinski definition) is 5. The molecule has 0 saturated heterocycles.